The fourth-order valence-corrected chi connectivity index (χ4v) is 8.47. The van der Waals surface area contributed by atoms with Crippen LogP contribution in [0.25, 0.3) is 0 Å². The number of benzene rings is 2. The summed E-state index contributed by atoms with van der Waals surface area (Å²) >= 11 is 6.30. The quantitative estimate of drug-likeness (QED) is 0.380. The van der Waals surface area contributed by atoms with Gasteiger partial charge in [0.15, 0.2) is 21.5 Å². The lowest BCUT2D eigenvalue weighted by molar-refractivity contribution is -0.146. The zero-order chi connectivity index (χ0) is 28.1. The Morgan fingerprint density at radius 2 is 1.79 bits per heavy atom. The van der Waals surface area contributed by atoms with E-state index >= 15 is 0 Å². The second-order valence-electron chi connectivity index (χ2n) is 10.3. The molecule has 0 saturated heterocycles. The molecule has 1 amide bonds. The lowest BCUT2D eigenvalue weighted by Gasteiger charge is -2.45. The smallest absolute Gasteiger partial charge is 0.255 e. The van der Waals surface area contributed by atoms with Crippen LogP contribution in [0, 0.1) is 30.4 Å². The van der Waals surface area contributed by atoms with Crippen molar-refractivity contribution in [1.29, 1.82) is 0 Å². The predicted octanol–water partition coefficient (Wildman–Crippen LogP) is 5.00. The highest BCUT2D eigenvalue weighted by molar-refractivity contribution is 7.92. The highest BCUT2D eigenvalue weighted by Gasteiger charge is 2.59. The predicted molar refractivity (Wildman–Crippen MR) is 141 cm³/mol. The first-order valence-electron chi connectivity index (χ1n) is 12.5. The minimum Gasteiger partial charge on any atom is -0.386 e. The Morgan fingerprint density at radius 1 is 1.10 bits per heavy atom. The van der Waals surface area contributed by atoms with Crippen molar-refractivity contribution in [2.24, 2.45) is 11.8 Å². The van der Waals surface area contributed by atoms with Crippen LogP contribution >= 0.6 is 11.6 Å². The zero-order valence-corrected chi connectivity index (χ0v) is 22.5. The lowest BCUT2D eigenvalue weighted by atomic mass is 9.70. The summed E-state index contributed by atoms with van der Waals surface area (Å²) in [6.45, 7) is 1.80. The molecule has 3 N–H and O–H groups in total. The number of hydrogen-bond donors (Lipinski definition) is 3. The number of pyridine rings is 1. The Hall–Kier alpha value is -2.92. The van der Waals surface area contributed by atoms with Gasteiger partial charge in [0.1, 0.15) is 11.7 Å². The van der Waals surface area contributed by atoms with Crippen molar-refractivity contribution in [1.82, 2.24) is 4.98 Å². The zero-order valence-electron chi connectivity index (χ0n) is 20.9. The van der Waals surface area contributed by atoms with Gasteiger partial charge in [0.2, 0.25) is 0 Å². The van der Waals surface area contributed by atoms with Gasteiger partial charge in [-0.2, -0.15) is 0 Å². The number of sulfone groups is 1. The number of amides is 1. The van der Waals surface area contributed by atoms with Crippen molar-refractivity contribution < 1.29 is 32.2 Å². The van der Waals surface area contributed by atoms with E-state index in [1.54, 1.807) is 25.3 Å². The van der Waals surface area contributed by atoms with E-state index < -0.39 is 56.2 Å². The molecule has 2 aliphatic carbocycles. The largest absolute Gasteiger partial charge is 0.386 e. The molecular weight excluding hydrogens is 550 g/mol. The van der Waals surface area contributed by atoms with Crippen molar-refractivity contribution in [2.45, 2.75) is 54.5 Å². The third-order valence-electron chi connectivity index (χ3n) is 8.13. The number of carbonyl (C=O) groups excluding carboxylic acids is 1. The van der Waals surface area contributed by atoms with Crippen LogP contribution in [-0.2, 0) is 9.84 Å². The van der Waals surface area contributed by atoms with Crippen LogP contribution in [0.2, 0.25) is 5.02 Å². The Labute approximate surface area is 229 Å². The number of aliphatic hydroxyl groups excluding tert-OH is 1. The van der Waals surface area contributed by atoms with Gasteiger partial charge in [-0.05, 0) is 86.4 Å². The van der Waals surface area contributed by atoms with E-state index in [0.29, 0.717) is 18.5 Å². The van der Waals surface area contributed by atoms with Gasteiger partial charge >= 0.3 is 0 Å². The van der Waals surface area contributed by atoms with Gasteiger partial charge in [-0.15, -0.1) is 0 Å². The maximum atomic E-state index is 13.8. The van der Waals surface area contributed by atoms with Gasteiger partial charge in [-0.25, -0.2) is 17.2 Å². The molecule has 2 bridgehead atoms. The van der Waals surface area contributed by atoms with E-state index in [9.17, 15) is 32.2 Å². The molecule has 0 spiro atoms. The SMILES string of the molecule is Cc1cccnc1C(O)[C@@]1(O)[C@@H]2CC[C@H]1C[C@H](S(=O)(=O)c1cc(C(=O)Nc3ccc(F)c(F)c3)ccc1Cl)C2. The minimum absolute atomic E-state index is 0.00287. The van der Waals surface area contributed by atoms with Crippen LogP contribution in [0.1, 0.15) is 53.4 Å². The summed E-state index contributed by atoms with van der Waals surface area (Å²) < 4.78 is 54.3. The molecule has 0 aliphatic heterocycles. The van der Waals surface area contributed by atoms with Gasteiger partial charge in [0, 0.05) is 23.5 Å². The molecule has 1 unspecified atom stereocenters. The molecule has 5 atom stereocenters. The second-order valence-corrected chi connectivity index (χ2v) is 12.9. The Balaban J connectivity index is 1.39. The number of anilines is 1. The van der Waals surface area contributed by atoms with Gasteiger partial charge in [-0.1, -0.05) is 17.7 Å². The number of aliphatic hydroxyl groups is 2. The van der Waals surface area contributed by atoms with E-state index in [0.717, 1.165) is 17.7 Å². The van der Waals surface area contributed by atoms with E-state index in [2.05, 4.69) is 10.3 Å². The molecule has 0 radical (unpaired) electrons. The topological polar surface area (TPSA) is 117 Å². The number of aryl methyl sites for hydroxylation is 1. The molecule has 2 saturated carbocycles. The fourth-order valence-electron chi connectivity index (χ4n) is 6.06. The third-order valence-corrected chi connectivity index (χ3v) is 10.8. The number of aromatic nitrogens is 1. The first-order valence-corrected chi connectivity index (χ1v) is 14.5. The first kappa shape index (κ1) is 27.6. The van der Waals surface area contributed by atoms with Gasteiger partial charge in [0.25, 0.3) is 5.91 Å². The van der Waals surface area contributed by atoms with E-state index in [4.69, 9.17) is 11.6 Å². The molecule has 2 fully saturated rings. The van der Waals surface area contributed by atoms with Gasteiger partial charge in [-0.3, -0.25) is 9.78 Å². The summed E-state index contributed by atoms with van der Waals surface area (Å²) in [6, 6.07) is 10.2. The lowest BCUT2D eigenvalue weighted by Crippen LogP contribution is -2.52. The van der Waals surface area contributed by atoms with Crippen LogP contribution in [0.5, 0.6) is 0 Å². The number of hydrogen-bond acceptors (Lipinski definition) is 6. The molecule has 7 nitrogen and oxygen atoms in total. The number of halogens is 3. The Bertz CT molecular complexity index is 1540. The molecule has 2 aromatic carbocycles. The molecule has 5 rings (SSSR count). The van der Waals surface area contributed by atoms with Crippen molar-refractivity contribution >= 4 is 33.0 Å². The van der Waals surface area contributed by atoms with E-state index in [1.165, 1.54) is 24.3 Å². The molecule has 11 heteroatoms. The summed E-state index contributed by atoms with van der Waals surface area (Å²) in [5, 5.41) is 24.4. The number of carbonyl (C=O) groups is 1. The molecular formula is C28H27ClF2N2O5S. The Morgan fingerprint density at radius 3 is 2.44 bits per heavy atom. The number of fused-ring (bicyclic) bond motifs is 2. The van der Waals surface area contributed by atoms with Crippen LogP contribution in [0.15, 0.2) is 59.6 Å². The van der Waals surface area contributed by atoms with Crippen LogP contribution in [0.3, 0.4) is 0 Å². The highest BCUT2D eigenvalue weighted by atomic mass is 35.5. The average Bonchev–Trinajstić information content (AvgIpc) is 3.06. The summed E-state index contributed by atoms with van der Waals surface area (Å²) in [7, 11) is -4.04. The van der Waals surface area contributed by atoms with Crippen LogP contribution in [0.4, 0.5) is 14.5 Å². The van der Waals surface area contributed by atoms with E-state index in [-0.39, 0.29) is 34.0 Å². The summed E-state index contributed by atoms with van der Waals surface area (Å²) in [5.74, 6) is -3.88. The van der Waals surface area contributed by atoms with Crippen molar-refractivity contribution in [3.05, 3.63) is 88.2 Å². The summed E-state index contributed by atoms with van der Waals surface area (Å²) in [5.41, 5.74) is -0.429. The van der Waals surface area contributed by atoms with Crippen molar-refractivity contribution in [2.75, 3.05) is 5.32 Å². The first-order chi connectivity index (χ1) is 18.4. The number of nitrogens with one attached hydrogen (secondary N) is 1. The standard InChI is InChI=1S/C28H27ClF2N2O5S/c1-15-3-2-10-32-25(15)26(34)28(36)17-5-6-18(28)13-20(12-17)39(37,38)24-11-16(4-8-21(24)29)27(35)33-19-7-9-22(30)23(31)14-19/h2-4,7-11,14,17-18,20,26,34,36H,5-6,12-13H2,1H3,(H,33,35)/t17-,18+,20-,26?,28-. The van der Waals surface area contributed by atoms with Crippen LogP contribution < -0.4 is 5.32 Å². The second kappa shape index (κ2) is 10.2. The molecule has 1 aromatic heterocycles. The third kappa shape index (κ3) is 4.84. The van der Waals surface area contributed by atoms with Crippen molar-refractivity contribution in [3.8, 4) is 0 Å². The number of rotatable bonds is 6. The summed E-state index contributed by atoms with van der Waals surface area (Å²) in [6.07, 6.45) is 1.62. The van der Waals surface area contributed by atoms with Gasteiger partial charge in [0.05, 0.1) is 20.9 Å². The highest BCUT2D eigenvalue weighted by Crippen LogP contribution is 2.56. The normalized spacial score (nSPS) is 25.3. The Kier molecular flexibility index (Phi) is 7.26. The molecule has 2 aliphatic rings. The monoisotopic (exact) mass is 576 g/mol. The maximum absolute atomic E-state index is 13.8. The minimum atomic E-state index is -4.04. The average molecular weight is 577 g/mol. The maximum Gasteiger partial charge on any atom is 0.255 e. The molecule has 1 heterocycles. The van der Waals surface area contributed by atoms with Crippen molar-refractivity contribution in [3.63, 3.8) is 0 Å². The molecule has 3 aromatic rings. The number of nitrogens with zero attached hydrogens (tertiary/aromatic N) is 1. The van der Waals surface area contributed by atoms with Gasteiger partial charge < -0.3 is 15.5 Å². The molecule has 206 valence electrons. The molecule has 39 heavy (non-hydrogen) atoms. The summed E-state index contributed by atoms with van der Waals surface area (Å²) in [4.78, 5) is 16.8. The van der Waals surface area contributed by atoms with Crippen LogP contribution in [-0.4, -0.2) is 40.4 Å². The van der Waals surface area contributed by atoms with E-state index in [1.807, 2.05) is 0 Å². The fraction of sp³-hybridized carbons (Fsp3) is 0.357.